The van der Waals surface area contributed by atoms with Gasteiger partial charge in [0.15, 0.2) is 0 Å². The van der Waals surface area contributed by atoms with Crippen LogP contribution in [-0.2, 0) is 5.41 Å². The highest BCUT2D eigenvalue weighted by molar-refractivity contribution is 5.73. The summed E-state index contributed by atoms with van der Waals surface area (Å²) in [5.41, 5.74) is 4.36. The zero-order chi connectivity index (χ0) is 16.7. The first-order valence-electron chi connectivity index (χ1n) is 8.09. The highest BCUT2D eigenvalue weighted by Crippen LogP contribution is 2.36. The Morgan fingerprint density at radius 3 is 2.13 bits per heavy atom. The first-order valence-corrected chi connectivity index (χ1v) is 8.09. The molecule has 3 heteroatoms. The van der Waals surface area contributed by atoms with E-state index in [4.69, 9.17) is 0 Å². The van der Waals surface area contributed by atoms with Crippen molar-refractivity contribution in [2.24, 2.45) is 5.41 Å². The molecular formula is C20H24N3. The van der Waals surface area contributed by atoms with Crippen LogP contribution in [-0.4, -0.2) is 15.0 Å². The van der Waals surface area contributed by atoms with Gasteiger partial charge in [-0.25, -0.2) is 0 Å². The normalized spacial score (nSPS) is 12.7. The number of hydrogen-bond donors (Lipinski definition) is 0. The van der Waals surface area contributed by atoms with E-state index in [2.05, 4.69) is 63.0 Å². The molecule has 0 aliphatic heterocycles. The maximum atomic E-state index is 4.56. The standard InChI is InChI=1S/C20H24N3/c1-19(2,3)14-20(4,5)15-9-8-10-16(13-15)23-21-17-11-6-7-12-18(17)22-23/h6-9,11-13H,14H2,1-5H3. The summed E-state index contributed by atoms with van der Waals surface area (Å²) in [5.74, 6) is 0. The molecule has 1 radical (unpaired) electrons. The van der Waals surface area contributed by atoms with Crippen LogP contribution in [0.25, 0.3) is 16.7 Å². The Hall–Kier alpha value is -2.16. The molecule has 0 bridgehead atoms. The Balaban J connectivity index is 1.99. The quantitative estimate of drug-likeness (QED) is 0.686. The Kier molecular flexibility index (Phi) is 3.75. The molecule has 0 N–H and O–H groups in total. The van der Waals surface area contributed by atoms with Gasteiger partial charge in [0.05, 0.1) is 5.69 Å². The van der Waals surface area contributed by atoms with Crippen molar-refractivity contribution in [1.29, 1.82) is 0 Å². The number of rotatable bonds is 3. The second-order valence-electron chi connectivity index (χ2n) is 8.06. The van der Waals surface area contributed by atoms with Crippen LogP contribution in [0.5, 0.6) is 0 Å². The van der Waals surface area contributed by atoms with Crippen LogP contribution >= 0.6 is 0 Å². The Morgan fingerprint density at radius 1 is 0.957 bits per heavy atom. The van der Waals surface area contributed by atoms with Crippen LogP contribution in [0.2, 0.25) is 0 Å². The van der Waals surface area contributed by atoms with Crippen LogP contribution in [0.3, 0.4) is 0 Å². The van der Waals surface area contributed by atoms with E-state index in [9.17, 15) is 0 Å². The lowest BCUT2D eigenvalue weighted by molar-refractivity contribution is 0.284. The molecule has 0 saturated heterocycles. The molecule has 0 unspecified atom stereocenters. The maximum Gasteiger partial charge on any atom is 0.113 e. The second kappa shape index (κ2) is 5.48. The maximum absolute atomic E-state index is 4.56. The molecule has 0 amide bonds. The summed E-state index contributed by atoms with van der Waals surface area (Å²) in [6, 6.07) is 17.5. The van der Waals surface area contributed by atoms with Crippen molar-refractivity contribution >= 4 is 11.0 Å². The van der Waals surface area contributed by atoms with Crippen LogP contribution in [0.15, 0.2) is 42.5 Å². The summed E-state index contributed by atoms with van der Waals surface area (Å²) in [6.45, 7) is 11.4. The van der Waals surface area contributed by atoms with E-state index >= 15 is 0 Å². The van der Waals surface area contributed by atoms with Crippen LogP contribution in [0, 0.1) is 11.5 Å². The van der Waals surface area contributed by atoms with E-state index in [0.717, 1.165) is 23.1 Å². The largest absolute Gasteiger partial charge is 0.150 e. The number of hydrogen-bond acceptors (Lipinski definition) is 2. The average Bonchev–Trinajstić information content (AvgIpc) is 2.89. The molecule has 1 aromatic heterocycles. The second-order valence-corrected chi connectivity index (χ2v) is 8.06. The zero-order valence-electron chi connectivity index (χ0n) is 14.6. The minimum atomic E-state index is 0.0919. The van der Waals surface area contributed by atoms with Crippen molar-refractivity contribution in [2.75, 3.05) is 0 Å². The Bertz CT molecular complexity index is 789. The lowest BCUT2D eigenvalue weighted by Gasteiger charge is -2.33. The van der Waals surface area contributed by atoms with E-state index in [0.29, 0.717) is 0 Å². The monoisotopic (exact) mass is 306 g/mol. The molecule has 0 saturated carbocycles. The third kappa shape index (κ3) is 3.44. The molecule has 23 heavy (non-hydrogen) atoms. The van der Waals surface area contributed by atoms with Gasteiger partial charge in [0.2, 0.25) is 0 Å². The van der Waals surface area contributed by atoms with Gasteiger partial charge in [-0.3, -0.25) is 0 Å². The van der Waals surface area contributed by atoms with Gasteiger partial charge >= 0.3 is 0 Å². The first kappa shape index (κ1) is 15.7. The van der Waals surface area contributed by atoms with Gasteiger partial charge in [-0.1, -0.05) is 58.9 Å². The highest BCUT2D eigenvalue weighted by atomic mass is 15.5. The van der Waals surface area contributed by atoms with E-state index in [1.807, 2.05) is 30.3 Å². The summed E-state index contributed by atoms with van der Waals surface area (Å²) in [6.07, 6.45) is 1.11. The lowest BCUT2D eigenvalue weighted by atomic mass is 9.72. The molecule has 3 nitrogen and oxygen atoms in total. The van der Waals surface area contributed by atoms with Gasteiger partial charge < -0.3 is 0 Å². The molecule has 0 fully saturated rings. The summed E-state index contributed by atoms with van der Waals surface area (Å²) in [5, 5.41) is 9.11. The molecule has 119 valence electrons. The van der Waals surface area contributed by atoms with E-state index in [-0.39, 0.29) is 10.8 Å². The molecule has 0 aliphatic carbocycles. The predicted octanol–water partition coefficient (Wildman–Crippen LogP) is 4.93. The number of nitrogens with zero attached hydrogens (tertiary/aromatic N) is 3. The Morgan fingerprint density at radius 2 is 1.57 bits per heavy atom. The molecule has 2 aromatic carbocycles. The van der Waals surface area contributed by atoms with Crippen LogP contribution < -0.4 is 0 Å². The summed E-state index contributed by atoms with van der Waals surface area (Å²) < 4.78 is 0. The van der Waals surface area contributed by atoms with Crippen molar-refractivity contribution in [3.63, 3.8) is 0 Å². The fourth-order valence-corrected chi connectivity index (χ4v) is 3.39. The van der Waals surface area contributed by atoms with Gasteiger partial charge in [0.25, 0.3) is 0 Å². The predicted molar refractivity (Wildman–Crippen MR) is 94.8 cm³/mol. The molecule has 3 aromatic rings. The number of fused-ring (bicyclic) bond motifs is 1. The molecule has 0 atom stereocenters. The van der Waals surface area contributed by atoms with Crippen LogP contribution in [0.1, 0.15) is 46.6 Å². The first-order chi connectivity index (χ1) is 10.7. The third-order valence-electron chi connectivity index (χ3n) is 4.04. The number of benzene rings is 2. The van der Waals surface area contributed by atoms with Crippen LogP contribution in [0.4, 0.5) is 0 Å². The van der Waals surface area contributed by atoms with Crippen molar-refractivity contribution in [2.45, 2.75) is 46.5 Å². The van der Waals surface area contributed by atoms with Crippen molar-refractivity contribution < 1.29 is 0 Å². The van der Waals surface area contributed by atoms with E-state index < -0.39 is 0 Å². The minimum absolute atomic E-state index is 0.0919. The topological polar surface area (TPSA) is 30.7 Å². The molecule has 0 spiro atoms. The fraction of sp³-hybridized carbons (Fsp3) is 0.400. The van der Waals surface area contributed by atoms with Crippen molar-refractivity contribution in [1.82, 2.24) is 15.0 Å². The highest BCUT2D eigenvalue weighted by Gasteiger charge is 2.27. The van der Waals surface area contributed by atoms with Crippen molar-refractivity contribution in [3.05, 3.63) is 54.1 Å². The SMILES string of the molecule is CC(C)(C)CC(C)(C)c1cc[c]c(-n2nc3ccccc3n2)c1. The van der Waals surface area contributed by atoms with E-state index in [1.54, 1.807) is 4.80 Å². The van der Waals surface area contributed by atoms with Crippen molar-refractivity contribution in [3.8, 4) is 5.69 Å². The van der Waals surface area contributed by atoms with Gasteiger partial charge in [-0.15, -0.1) is 15.0 Å². The summed E-state index contributed by atoms with van der Waals surface area (Å²) >= 11 is 0. The Labute approximate surface area is 138 Å². The minimum Gasteiger partial charge on any atom is -0.150 e. The van der Waals surface area contributed by atoms with Gasteiger partial charge in [0.1, 0.15) is 11.0 Å². The molecule has 1 heterocycles. The molecule has 3 rings (SSSR count). The number of aromatic nitrogens is 3. The van der Waals surface area contributed by atoms with E-state index in [1.165, 1.54) is 5.56 Å². The van der Waals surface area contributed by atoms with Gasteiger partial charge in [0, 0.05) is 6.07 Å². The average molecular weight is 306 g/mol. The van der Waals surface area contributed by atoms with Gasteiger partial charge in [-0.2, -0.15) is 0 Å². The molecular weight excluding hydrogens is 282 g/mol. The zero-order valence-corrected chi connectivity index (χ0v) is 14.6. The summed E-state index contributed by atoms with van der Waals surface area (Å²) in [7, 11) is 0. The lowest BCUT2D eigenvalue weighted by Crippen LogP contribution is -2.25. The fourth-order valence-electron chi connectivity index (χ4n) is 3.39. The summed E-state index contributed by atoms with van der Waals surface area (Å²) in [4.78, 5) is 1.68. The third-order valence-corrected chi connectivity index (χ3v) is 4.04. The van der Waals surface area contributed by atoms with Gasteiger partial charge in [-0.05, 0) is 41.0 Å². The smallest absolute Gasteiger partial charge is 0.113 e. The molecule has 0 aliphatic rings.